The van der Waals surface area contributed by atoms with Crippen molar-refractivity contribution in [3.63, 3.8) is 0 Å². The molecule has 0 heterocycles. The van der Waals surface area contributed by atoms with Crippen LogP contribution in [0.25, 0.3) is 0 Å². The number of aromatic carboxylic acids is 1. The molecular weight excluding hydrogens is 380 g/mol. The normalized spacial score (nSPS) is 10.5. The highest BCUT2D eigenvalue weighted by atomic mass is 16.5. The van der Waals surface area contributed by atoms with Crippen molar-refractivity contribution in [1.29, 1.82) is 0 Å². The zero-order valence-corrected chi connectivity index (χ0v) is 14.9. The molecule has 29 heavy (non-hydrogen) atoms. The van der Waals surface area contributed by atoms with Crippen LogP contribution in [0.4, 0.5) is 0 Å². The molecule has 0 saturated heterocycles. The molecule has 0 saturated carbocycles. The first-order valence-electron chi connectivity index (χ1n) is 8.36. The van der Waals surface area contributed by atoms with Crippen molar-refractivity contribution >= 4 is 11.8 Å². The zero-order valence-electron chi connectivity index (χ0n) is 14.9. The highest BCUT2D eigenvalue weighted by molar-refractivity contribution is 6.02. The summed E-state index contributed by atoms with van der Waals surface area (Å²) in [5.41, 5.74) is -0.125. The average molecular weight is 396 g/mol. The number of para-hydroxylation sites is 1. The van der Waals surface area contributed by atoms with Crippen LogP contribution in [-0.2, 0) is 6.42 Å². The lowest BCUT2D eigenvalue weighted by Crippen LogP contribution is -2.06. The quantitative estimate of drug-likeness (QED) is 0.399. The van der Waals surface area contributed by atoms with E-state index < -0.39 is 29.0 Å². The lowest BCUT2D eigenvalue weighted by molar-refractivity contribution is 0.0695. The number of Topliss-reactive ketones (excluding diaryl/α,β-unsaturated/α-hetero) is 1. The summed E-state index contributed by atoms with van der Waals surface area (Å²) in [4.78, 5) is 23.7. The van der Waals surface area contributed by atoms with Gasteiger partial charge >= 0.3 is 5.97 Å². The van der Waals surface area contributed by atoms with Gasteiger partial charge in [0.25, 0.3) is 0 Å². The van der Waals surface area contributed by atoms with Gasteiger partial charge in [0.15, 0.2) is 5.78 Å². The van der Waals surface area contributed by atoms with E-state index >= 15 is 0 Å². The Hall–Kier alpha value is -4.20. The Bertz CT molecular complexity index is 1080. The van der Waals surface area contributed by atoms with E-state index in [9.17, 15) is 30.0 Å². The molecule has 0 fully saturated rings. The van der Waals surface area contributed by atoms with Crippen LogP contribution in [0.2, 0.25) is 0 Å². The number of phenolic OH excluding ortho intramolecular Hbond substituents is 4. The van der Waals surface area contributed by atoms with Gasteiger partial charge in [-0.3, -0.25) is 4.79 Å². The molecule has 0 bridgehead atoms. The lowest BCUT2D eigenvalue weighted by atomic mass is 10.0. The van der Waals surface area contributed by atoms with Crippen molar-refractivity contribution in [1.82, 2.24) is 0 Å². The molecular formula is C21H16O8. The topological polar surface area (TPSA) is 145 Å². The zero-order chi connectivity index (χ0) is 21.1. The Labute approximate surface area is 164 Å². The third-order valence-corrected chi connectivity index (χ3v) is 4.05. The number of phenols is 4. The summed E-state index contributed by atoms with van der Waals surface area (Å²) in [6, 6.07) is 11.8. The van der Waals surface area contributed by atoms with Gasteiger partial charge in [0, 0.05) is 30.2 Å². The number of carbonyl (C=O) groups is 2. The Morgan fingerprint density at radius 3 is 2.10 bits per heavy atom. The van der Waals surface area contributed by atoms with Crippen molar-refractivity contribution < 1.29 is 39.9 Å². The van der Waals surface area contributed by atoms with Crippen LogP contribution in [0.5, 0.6) is 34.5 Å². The number of hydrogen-bond donors (Lipinski definition) is 5. The van der Waals surface area contributed by atoms with E-state index in [0.29, 0.717) is 5.56 Å². The number of ether oxygens (including phenoxy) is 1. The number of rotatable bonds is 6. The molecule has 3 aromatic rings. The van der Waals surface area contributed by atoms with Gasteiger partial charge in [-0.05, 0) is 18.2 Å². The monoisotopic (exact) mass is 396 g/mol. The average Bonchev–Trinajstić information content (AvgIpc) is 2.62. The maximum Gasteiger partial charge on any atom is 0.335 e. The van der Waals surface area contributed by atoms with Crippen LogP contribution in [0.1, 0.15) is 26.3 Å². The highest BCUT2D eigenvalue weighted by Gasteiger charge is 2.20. The molecule has 0 atom stereocenters. The second-order valence-electron chi connectivity index (χ2n) is 6.19. The molecule has 3 rings (SSSR count). The van der Waals surface area contributed by atoms with Crippen molar-refractivity contribution in [2.45, 2.75) is 6.42 Å². The molecule has 0 aliphatic heterocycles. The number of carbonyl (C=O) groups excluding carboxylic acids is 1. The molecule has 148 valence electrons. The van der Waals surface area contributed by atoms with Gasteiger partial charge < -0.3 is 30.3 Å². The smallest absolute Gasteiger partial charge is 0.335 e. The first-order chi connectivity index (χ1) is 13.7. The first-order valence-corrected chi connectivity index (χ1v) is 8.36. The van der Waals surface area contributed by atoms with Crippen LogP contribution < -0.4 is 4.74 Å². The van der Waals surface area contributed by atoms with Crippen LogP contribution >= 0.6 is 0 Å². The number of benzene rings is 3. The number of carboxylic acids is 1. The minimum atomic E-state index is -1.24. The van der Waals surface area contributed by atoms with E-state index in [1.807, 2.05) is 0 Å². The molecule has 0 aromatic heterocycles. The van der Waals surface area contributed by atoms with E-state index in [2.05, 4.69) is 0 Å². The minimum Gasteiger partial charge on any atom is -0.508 e. The fourth-order valence-corrected chi connectivity index (χ4v) is 2.79. The minimum absolute atomic E-state index is 0.0534. The van der Waals surface area contributed by atoms with Gasteiger partial charge in [0.05, 0.1) is 5.56 Å². The first kappa shape index (κ1) is 19.6. The summed E-state index contributed by atoms with van der Waals surface area (Å²) in [7, 11) is 0. The molecule has 8 heteroatoms. The Morgan fingerprint density at radius 1 is 0.828 bits per heavy atom. The van der Waals surface area contributed by atoms with E-state index in [4.69, 9.17) is 9.84 Å². The Kier molecular flexibility index (Phi) is 5.27. The van der Waals surface area contributed by atoms with Gasteiger partial charge in [-0.1, -0.05) is 18.2 Å². The van der Waals surface area contributed by atoms with Crippen molar-refractivity contribution in [3.8, 4) is 34.5 Å². The van der Waals surface area contributed by atoms with Gasteiger partial charge in [-0.2, -0.15) is 0 Å². The molecule has 0 aliphatic carbocycles. The van der Waals surface area contributed by atoms with Gasteiger partial charge in [0.2, 0.25) is 0 Å². The second-order valence-corrected chi connectivity index (χ2v) is 6.19. The van der Waals surface area contributed by atoms with Crippen LogP contribution in [0, 0.1) is 0 Å². The van der Waals surface area contributed by atoms with E-state index in [1.54, 1.807) is 24.3 Å². The SMILES string of the molecule is O=C(O)c1cc(O)cc(Oc2ccccc2CC(=O)c2c(O)cc(O)cc2O)c1. The summed E-state index contributed by atoms with van der Waals surface area (Å²) >= 11 is 0. The Morgan fingerprint density at radius 2 is 1.45 bits per heavy atom. The number of hydrogen-bond acceptors (Lipinski definition) is 7. The Balaban J connectivity index is 1.91. The molecule has 0 unspecified atom stereocenters. The third-order valence-electron chi connectivity index (χ3n) is 4.05. The molecule has 0 aliphatic rings. The maximum absolute atomic E-state index is 12.6. The van der Waals surface area contributed by atoms with Crippen LogP contribution in [0.15, 0.2) is 54.6 Å². The molecule has 5 N–H and O–H groups in total. The van der Waals surface area contributed by atoms with Gasteiger partial charge in [0.1, 0.15) is 40.1 Å². The van der Waals surface area contributed by atoms with Crippen LogP contribution in [-0.4, -0.2) is 37.3 Å². The molecule has 0 amide bonds. The highest BCUT2D eigenvalue weighted by Crippen LogP contribution is 2.34. The maximum atomic E-state index is 12.6. The fourth-order valence-electron chi connectivity index (χ4n) is 2.79. The summed E-state index contributed by atoms with van der Waals surface area (Å²) in [5, 5.41) is 47.9. The predicted molar refractivity (Wildman–Crippen MR) is 101 cm³/mol. The largest absolute Gasteiger partial charge is 0.508 e. The lowest BCUT2D eigenvalue weighted by Gasteiger charge is -2.13. The van der Waals surface area contributed by atoms with E-state index in [-0.39, 0.29) is 34.8 Å². The van der Waals surface area contributed by atoms with E-state index in [1.165, 1.54) is 12.1 Å². The van der Waals surface area contributed by atoms with Gasteiger partial charge in [-0.25, -0.2) is 4.79 Å². The van der Waals surface area contributed by atoms with Crippen LogP contribution in [0.3, 0.4) is 0 Å². The number of aromatic hydroxyl groups is 4. The second kappa shape index (κ2) is 7.81. The van der Waals surface area contributed by atoms with Crippen molar-refractivity contribution in [3.05, 3.63) is 71.3 Å². The summed E-state index contributed by atoms with van der Waals surface area (Å²) in [6.45, 7) is 0. The molecule has 8 nitrogen and oxygen atoms in total. The summed E-state index contributed by atoms with van der Waals surface area (Å²) in [5.74, 6) is -3.41. The molecule has 0 radical (unpaired) electrons. The van der Waals surface area contributed by atoms with Crippen molar-refractivity contribution in [2.75, 3.05) is 0 Å². The number of ketones is 1. The standard InChI is InChI=1S/C21H16O8/c22-13-5-12(21(27)28)6-15(8-13)29-19-4-2-1-3-11(19)7-16(24)20-17(25)9-14(23)10-18(20)26/h1-6,8-10,22-23,25-26H,7H2,(H,27,28). The van der Waals surface area contributed by atoms with E-state index in [0.717, 1.165) is 18.2 Å². The molecule has 0 spiro atoms. The summed E-state index contributed by atoms with van der Waals surface area (Å²) in [6.07, 6.45) is -0.257. The van der Waals surface area contributed by atoms with Gasteiger partial charge in [-0.15, -0.1) is 0 Å². The fraction of sp³-hybridized carbons (Fsp3) is 0.0476. The van der Waals surface area contributed by atoms with Crippen molar-refractivity contribution in [2.24, 2.45) is 0 Å². The molecule has 3 aromatic carbocycles. The predicted octanol–water partition coefficient (Wildman–Crippen LogP) is 3.42. The number of carboxylic acid groups (broad SMARTS) is 1. The summed E-state index contributed by atoms with van der Waals surface area (Å²) < 4.78 is 5.66. The third kappa shape index (κ3) is 4.38.